The molecule has 0 aromatic carbocycles. The standard InChI is InChI=1S/C7H7O3S/c1-9-5-3-4-11-6(5)7(8)10-2/h3H,1-2H3. The van der Waals surface area contributed by atoms with E-state index in [9.17, 15) is 4.79 Å². The van der Waals surface area contributed by atoms with Crippen LogP contribution in [0.2, 0.25) is 0 Å². The van der Waals surface area contributed by atoms with Gasteiger partial charge in [0.05, 0.1) is 14.2 Å². The maximum Gasteiger partial charge on any atom is 0.351 e. The van der Waals surface area contributed by atoms with Gasteiger partial charge >= 0.3 is 5.97 Å². The van der Waals surface area contributed by atoms with Gasteiger partial charge in [-0.05, 0) is 0 Å². The molecule has 0 saturated heterocycles. The van der Waals surface area contributed by atoms with Crippen molar-refractivity contribution in [1.82, 2.24) is 0 Å². The first-order valence-electron chi connectivity index (χ1n) is 2.91. The fraction of sp³-hybridized carbons (Fsp3) is 0.286. The topological polar surface area (TPSA) is 35.5 Å². The number of carbonyl (C=O) groups is 1. The molecule has 0 spiro atoms. The van der Waals surface area contributed by atoms with Crippen molar-refractivity contribution in [2.24, 2.45) is 0 Å². The van der Waals surface area contributed by atoms with Gasteiger partial charge in [0.2, 0.25) is 0 Å². The number of thiophene rings is 1. The van der Waals surface area contributed by atoms with Gasteiger partial charge in [0.15, 0.2) is 4.88 Å². The lowest BCUT2D eigenvalue weighted by Crippen LogP contribution is -1.99. The van der Waals surface area contributed by atoms with Crippen LogP contribution in [0.25, 0.3) is 0 Å². The van der Waals surface area contributed by atoms with Crippen molar-refractivity contribution in [3.8, 4) is 5.75 Å². The maximum atomic E-state index is 10.9. The molecule has 0 N–H and O–H groups in total. The zero-order valence-electron chi connectivity index (χ0n) is 6.21. The van der Waals surface area contributed by atoms with Gasteiger partial charge in [-0.15, -0.1) is 11.3 Å². The summed E-state index contributed by atoms with van der Waals surface area (Å²) in [7, 11) is 2.84. The first kappa shape index (κ1) is 8.07. The van der Waals surface area contributed by atoms with E-state index < -0.39 is 0 Å². The fourth-order valence-electron chi connectivity index (χ4n) is 0.644. The molecule has 0 aliphatic heterocycles. The summed E-state index contributed by atoms with van der Waals surface area (Å²) >= 11 is 1.18. The highest BCUT2D eigenvalue weighted by Crippen LogP contribution is 2.23. The van der Waals surface area contributed by atoms with Gasteiger partial charge in [0, 0.05) is 11.4 Å². The van der Waals surface area contributed by atoms with E-state index in [4.69, 9.17) is 4.74 Å². The first-order valence-corrected chi connectivity index (χ1v) is 3.73. The zero-order chi connectivity index (χ0) is 8.27. The predicted molar refractivity (Wildman–Crippen MR) is 41.0 cm³/mol. The molecule has 0 aliphatic rings. The van der Waals surface area contributed by atoms with Crippen molar-refractivity contribution in [3.05, 3.63) is 16.3 Å². The lowest BCUT2D eigenvalue weighted by Gasteiger charge is -1.98. The van der Waals surface area contributed by atoms with Crippen molar-refractivity contribution in [1.29, 1.82) is 0 Å². The third-order valence-corrected chi connectivity index (χ3v) is 1.97. The molecule has 0 amide bonds. The highest BCUT2D eigenvalue weighted by molar-refractivity contribution is 7.11. The summed E-state index contributed by atoms with van der Waals surface area (Å²) in [4.78, 5) is 11.4. The van der Waals surface area contributed by atoms with E-state index in [2.05, 4.69) is 10.1 Å². The molecule has 59 valence electrons. The molecule has 3 nitrogen and oxygen atoms in total. The van der Waals surface area contributed by atoms with E-state index >= 15 is 0 Å². The van der Waals surface area contributed by atoms with Crippen LogP contribution in [0, 0.1) is 5.38 Å². The molecule has 1 aromatic rings. The highest BCUT2D eigenvalue weighted by Gasteiger charge is 2.13. The predicted octanol–water partition coefficient (Wildman–Crippen LogP) is 1.34. The Bertz CT molecular complexity index is 254. The van der Waals surface area contributed by atoms with Crippen LogP contribution in [0.4, 0.5) is 0 Å². The minimum atomic E-state index is -0.381. The van der Waals surface area contributed by atoms with Gasteiger partial charge in [-0.1, -0.05) is 0 Å². The maximum absolute atomic E-state index is 10.9. The minimum Gasteiger partial charge on any atom is -0.495 e. The second-order valence-corrected chi connectivity index (χ2v) is 2.60. The molecule has 4 heteroatoms. The van der Waals surface area contributed by atoms with E-state index in [1.807, 2.05) is 0 Å². The number of hydrogen-bond donors (Lipinski definition) is 0. The molecule has 0 atom stereocenters. The molecule has 1 radical (unpaired) electrons. The third kappa shape index (κ3) is 1.51. The molecule has 0 bridgehead atoms. The highest BCUT2D eigenvalue weighted by atomic mass is 32.1. The number of hydrogen-bond acceptors (Lipinski definition) is 4. The molecule has 1 rings (SSSR count). The molecule has 0 aliphatic carbocycles. The third-order valence-electron chi connectivity index (χ3n) is 1.17. The average molecular weight is 171 g/mol. The van der Waals surface area contributed by atoms with Gasteiger partial charge in [-0.2, -0.15) is 0 Å². The number of esters is 1. The van der Waals surface area contributed by atoms with Crippen LogP contribution in [0.15, 0.2) is 6.07 Å². The minimum absolute atomic E-state index is 0.381. The summed E-state index contributed by atoms with van der Waals surface area (Å²) in [6.07, 6.45) is 0. The van der Waals surface area contributed by atoms with Crippen LogP contribution in [0.3, 0.4) is 0 Å². The van der Waals surface area contributed by atoms with E-state index in [1.54, 1.807) is 6.07 Å². The first-order chi connectivity index (χ1) is 5.29. The van der Waals surface area contributed by atoms with Crippen LogP contribution in [-0.2, 0) is 4.74 Å². The quantitative estimate of drug-likeness (QED) is 0.630. The van der Waals surface area contributed by atoms with Crippen molar-refractivity contribution >= 4 is 17.3 Å². The van der Waals surface area contributed by atoms with Gasteiger partial charge in [-0.25, -0.2) is 4.79 Å². The number of carbonyl (C=O) groups excluding carboxylic acids is 1. The Kier molecular flexibility index (Phi) is 2.48. The van der Waals surface area contributed by atoms with Gasteiger partial charge < -0.3 is 9.47 Å². The zero-order valence-corrected chi connectivity index (χ0v) is 7.03. The van der Waals surface area contributed by atoms with Crippen LogP contribution in [0.1, 0.15) is 9.67 Å². The second-order valence-electron chi connectivity index (χ2n) is 1.75. The van der Waals surface area contributed by atoms with Gasteiger partial charge in [0.25, 0.3) is 0 Å². The van der Waals surface area contributed by atoms with Crippen molar-refractivity contribution in [2.45, 2.75) is 0 Å². The summed E-state index contributed by atoms with van der Waals surface area (Å²) < 4.78 is 9.40. The van der Waals surface area contributed by atoms with Crippen LogP contribution in [-0.4, -0.2) is 20.2 Å². The van der Waals surface area contributed by atoms with E-state index in [1.165, 1.54) is 25.6 Å². The molecule has 0 unspecified atom stereocenters. The smallest absolute Gasteiger partial charge is 0.351 e. The molecule has 0 saturated carbocycles. The SMILES string of the molecule is COC(=O)c1s[c]cc1OC. The summed E-state index contributed by atoms with van der Waals surface area (Å²) in [5.41, 5.74) is 0. The Morgan fingerprint density at radius 3 is 2.91 bits per heavy atom. The second kappa shape index (κ2) is 3.39. The molecule has 0 fully saturated rings. The van der Waals surface area contributed by atoms with E-state index in [0.29, 0.717) is 10.6 Å². The summed E-state index contributed by atoms with van der Waals surface area (Å²) in [5, 5.41) is 2.78. The van der Waals surface area contributed by atoms with Gasteiger partial charge in [0.1, 0.15) is 5.75 Å². The van der Waals surface area contributed by atoms with Crippen molar-refractivity contribution in [3.63, 3.8) is 0 Å². The number of rotatable bonds is 2. The molecule has 1 aromatic heterocycles. The Hall–Kier alpha value is -1.03. The Labute approximate surface area is 68.6 Å². The van der Waals surface area contributed by atoms with Crippen molar-refractivity contribution < 1.29 is 14.3 Å². The summed E-state index contributed by atoms with van der Waals surface area (Å²) in [6, 6.07) is 1.61. The molecule has 1 heterocycles. The molecule has 11 heavy (non-hydrogen) atoms. The fourth-order valence-corrected chi connectivity index (χ4v) is 1.34. The van der Waals surface area contributed by atoms with Crippen LogP contribution in [0.5, 0.6) is 5.75 Å². The average Bonchev–Trinajstić information content (AvgIpc) is 2.50. The van der Waals surface area contributed by atoms with E-state index in [-0.39, 0.29) is 5.97 Å². The largest absolute Gasteiger partial charge is 0.495 e. The summed E-state index contributed by atoms with van der Waals surface area (Å²) in [5.74, 6) is 0.134. The number of methoxy groups -OCH3 is 2. The van der Waals surface area contributed by atoms with E-state index in [0.717, 1.165) is 0 Å². The Morgan fingerprint density at radius 1 is 1.64 bits per heavy atom. The lowest BCUT2D eigenvalue weighted by atomic mass is 10.4. The van der Waals surface area contributed by atoms with Gasteiger partial charge in [-0.3, -0.25) is 0 Å². The molecular weight excluding hydrogens is 164 g/mol. The lowest BCUT2D eigenvalue weighted by molar-refractivity contribution is 0.0603. The van der Waals surface area contributed by atoms with Crippen LogP contribution < -0.4 is 4.74 Å². The van der Waals surface area contributed by atoms with Crippen molar-refractivity contribution in [2.75, 3.05) is 14.2 Å². The number of ether oxygens (including phenoxy) is 2. The molecular formula is C7H7O3S. The normalized spacial score (nSPS) is 9.27. The monoisotopic (exact) mass is 171 g/mol. The van der Waals surface area contributed by atoms with Crippen LogP contribution >= 0.6 is 11.3 Å². The Morgan fingerprint density at radius 2 is 2.36 bits per heavy atom. The summed E-state index contributed by atoms with van der Waals surface area (Å²) in [6.45, 7) is 0. The Balaban J connectivity index is 2.92.